The Labute approximate surface area is 164 Å². The van der Waals surface area contributed by atoms with Crippen molar-refractivity contribution in [1.82, 2.24) is 14.6 Å². The summed E-state index contributed by atoms with van der Waals surface area (Å²) in [5.41, 5.74) is 7.04. The van der Waals surface area contributed by atoms with Gasteiger partial charge in [-0.3, -0.25) is 0 Å². The number of fused-ring (bicyclic) bond motifs is 2. The summed E-state index contributed by atoms with van der Waals surface area (Å²) in [6.07, 6.45) is 2.89. The molecule has 0 atom stereocenters. The van der Waals surface area contributed by atoms with E-state index < -0.39 is 6.04 Å². The van der Waals surface area contributed by atoms with Gasteiger partial charge in [-0.25, -0.2) is 4.98 Å². The van der Waals surface area contributed by atoms with Gasteiger partial charge in [0.15, 0.2) is 5.65 Å². The van der Waals surface area contributed by atoms with E-state index in [1.807, 2.05) is 29.6 Å². The van der Waals surface area contributed by atoms with Crippen molar-refractivity contribution in [3.05, 3.63) is 40.7 Å². The summed E-state index contributed by atoms with van der Waals surface area (Å²) in [6, 6.07) is 5.57. The Morgan fingerprint density at radius 2 is 2.00 bits per heavy atom. The van der Waals surface area contributed by atoms with Crippen molar-refractivity contribution in [2.24, 2.45) is 0 Å². The van der Waals surface area contributed by atoms with Gasteiger partial charge < -0.3 is 20.3 Å². The monoisotopic (exact) mass is 382 g/mol. The van der Waals surface area contributed by atoms with Crippen molar-refractivity contribution in [2.75, 3.05) is 25.6 Å². The van der Waals surface area contributed by atoms with Gasteiger partial charge in [-0.15, -0.1) is 0 Å². The van der Waals surface area contributed by atoms with Crippen LogP contribution in [0.1, 0.15) is 28.9 Å². The van der Waals surface area contributed by atoms with Crippen LogP contribution < -0.4 is 10.1 Å². The Morgan fingerprint density at radius 1 is 1.21 bits per heavy atom. The molecule has 0 saturated carbocycles. The molecular weight excluding hydrogens is 356 g/mol. The maximum atomic E-state index is 9.55. The Morgan fingerprint density at radius 3 is 2.68 bits per heavy atom. The molecule has 0 amide bonds. The van der Waals surface area contributed by atoms with E-state index in [1.165, 1.54) is 0 Å². The van der Waals surface area contributed by atoms with Crippen LogP contribution in [0.25, 0.3) is 16.8 Å². The van der Waals surface area contributed by atoms with Crippen molar-refractivity contribution in [3.8, 4) is 16.9 Å². The molecule has 7 heteroatoms. The third-order valence-corrected chi connectivity index (χ3v) is 5.45. The molecular formula is C21H26N4O3. The van der Waals surface area contributed by atoms with Crippen molar-refractivity contribution < 1.29 is 14.9 Å². The maximum absolute atomic E-state index is 9.55. The highest BCUT2D eigenvalue weighted by Crippen LogP contribution is 2.36. The van der Waals surface area contributed by atoms with E-state index in [0.717, 1.165) is 70.1 Å². The fraction of sp³-hybridized carbons (Fsp3) is 0.429. The normalized spacial score (nSPS) is 13.4. The molecule has 0 aliphatic heterocycles. The van der Waals surface area contributed by atoms with Crippen molar-refractivity contribution in [3.63, 3.8) is 0 Å². The number of nitrogens with one attached hydrogen (secondary N) is 1. The Hall–Kier alpha value is -2.64. The second-order valence-corrected chi connectivity index (χ2v) is 7.32. The van der Waals surface area contributed by atoms with E-state index in [2.05, 4.69) is 12.2 Å². The van der Waals surface area contributed by atoms with Gasteiger partial charge in [0.05, 0.1) is 32.1 Å². The summed E-state index contributed by atoms with van der Waals surface area (Å²) in [6.45, 7) is 3.73. The van der Waals surface area contributed by atoms with Crippen LogP contribution in [-0.4, -0.2) is 51.2 Å². The quantitative estimate of drug-likeness (QED) is 0.606. The number of benzene rings is 1. The molecule has 3 aromatic rings. The van der Waals surface area contributed by atoms with Gasteiger partial charge >= 0.3 is 0 Å². The number of aliphatic hydroxyl groups excluding tert-OH is 2. The Kier molecular flexibility index (Phi) is 4.95. The van der Waals surface area contributed by atoms with Crippen LogP contribution in [0.3, 0.4) is 0 Å². The van der Waals surface area contributed by atoms with Gasteiger partial charge in [0, 0.05) is 16.8 Å². The van der Waals surface area contributed by atoms with E-state index >= 15 is 0 Å². The van der Waals surface area contributed by atoms with E-state index in [9.17, 15) is 10.2 Å². The molecule has 148 valence electrons. The molecule has 2 aromatic heterocycles. The number of hydrogen-bond acceptors (Lipinski definition) is 6. The van der Waals surface area contributed by atoms with Crippen LogP contribution in [0.5, 0.6) is 5.75 Å². The van der Waals surface area contributed by atoms with Crippen LogP contribution in [-0.2, 0) is 12.8 Å². The molecule has 28 heavy (non-hydrogen) atoms. The lowest BCUT2D eigenvalue weighted by atomic mass is 10.0. The molecule has 0 bridgehead atoms. The number of hydrogen-bond donors (Lipinski definition) is 3. The molecule has 0 radical (unpaired) electrons. The molecule has 1 aliphatic carbocycles. The molecule has 1 aliphatic rings. The fourth-order valence-electron chi connectivity index (χ4n) is 3.99. The molecule has 0 saturated heterocycles. The van der Waals surface area contributed by atoms with E-state index in [1.54, 1.807) is 7.11 Å². The van der Waals surface area contributed by atoms with Gasteiger partial charge in [-0.1, -0.05) is 6.07 Å². The third-order valence-electron chi connectivity index (χ3n) is 5.45. The summed E-state index contributed by atoms with van der Waals surface area (Å²) in [7, 11) is 1.66. The minimum absolute atomic E-state index is 0.153. The topological polar surface area (TPSA) is 91.9 Å². The molecule has 1 aromatic carbocycles. The van der Waals surface area contributed by atoms with Gasteiger partial charge in [-0.05, 0) is 56.4 Å². The van der Waals surface area contributed by atoms with Gasteiger partial charge in [0.1, 0.15) is 11.6 Å². The number of aliphatic hydroxyl groups is 2. The highest BCUT2D eigenvalue weighted by molar-refractivity contribution is 5.83. The van der Waals surface area contributed by atoms with Gasteiger partial charge in [0.25, 0.3) is 0 Å². The summed E-state index contributed by atoms with van der Waals surface area (Å²) in [5.74, 6) is 1.64. The van der Waals surface area contributed by atoms with Crippen LogP contribution in [0.15, 0.2) is 18.2 Å². The first kappa shape index (κ1) is 18.7. The standard InChI is InChI=1S/C21H26N4O3/c1-12-9-15(28-3)7-8-16(12)19-13(2)24-25-20(22-14(10-26)11-27)17-5-4-6-18(17)23-21(19)25/h7-9,14,22,26-27H,4-6,10-11H2,1-3H3. The Balaban J connectivity index is 1.94. The minimum atomic E-state index is -0.439. The number of rotatable bonds is 6. The summed E-state index contributed by atoms with van der Waals surface area (Å²) in [5, 5.41) is 27.2. The van der Waals surface area contributed by atoms with Crippen molar-refractivity contribution in [2.45, 2.75) is 39.2 Å². The second kappa shape index (κ2) is 7.41. The lowest BCUT2D eigenvalue weighted by Crippen LogP contribution is -2.29. The summed E-state index contributed by atoms with van der Waals surface area (Å²) in [4.78, 5) is 4.96. The molecule has 7 nitrogen and oxygen atoms in total. The number of nitrogens with zero attached hydrogens (tertiary/aromatic N) is 3. The zero-order valence-electron chi connectivity index (χ0n) is 16.5. The number of anilines is 1. The zero-order chi connectivity index (χ0) is 19.8. The molecule has 0 spiro atoms. The van der Waals surface area contributed by atoms with E-state index in [0.29, 0.717) is 0 Å². The molecule has 0 unspecified atom stereocenters. The molecule has 2 heterocycles. The molecule has 3 N–H and O–H groups in total. The minimum Gasteiger partial charge on any atom is -0.497 e. The SMILES string of the molecule is COc1ccc(-c2c(C)nn3c(NC(CO)CO)c4c(nc23)CCC4)c(C)c1. The average Bonchev–Trinajstić information content (AvgIpc) is 3.29. The van der Waals surface area contributed by atoms with Crippen molar-refractivity contribution in [1.29, 1.82) is 0 Å². The predicted molar refractivity (Wildman–Crippen MR) is 108 cm³/mol. The van der Waals surface area contributed by atoms with E-state index in [4.69, 9.17) is 14.8 Å². The van der Waals surface area contributed by atoms with Crippen LogP contribution in [0, 0.1) is 13.8 Å². The number of aromatic nitrogens is 3. The first-order valence-electron chi connectivity index (χ1n) is 9.61. The van der Waals surface area contributed by atoms with Gasteiger partial charge in [0.2, 0.25) is 0 Å². The highest BCUT2D eigenvalue weighted by Gasteiger charge is 2.25. The van der Waals surface area contributed by atoms with Crippen LogP contribution >= 0.6 is 0 Å². The average molecular weight is 382 g/mol. The first-order valence-corrected chi connectivity index (χ1v) is 9.61. The van der Waals surface area contributed by atoms with E-state index in [-0.39, 0.29) is 13.2 Å². The second-order valence-electron chi connectivity index (χ2n) is 7.32. The third kappa shape index (κ3) is 3.00. The summed E-state index contributed by atoms with van der Waals surface area (Å²) >= 11 is 0. The highest BCUT2D eigenvalue weighted by atomic mass is 16.5. The Bertz CT molecular complexity index is 1020. The largest absolute Gasteiger partial charge is 0.497 e. The molecule has 0 fully saturated rings. The van der Waals surface area contributed by atoms with Gasteiger partial charge in [-0.2, -0.15) is 9.61 Å². The number of methoxy groups -OCH3 is 1. The van der Waals surface area contributed by atoms with Crippen LogP contribution in [0.4, 0.5) is 5.82 Å². The van der Waals surface area contributed by atoms with Crippen LogP contribution in [0.2, 0.25) is 0 Å². The number of ether oxygens (including phenoxy) is 1. The first-order chi connectivity index (χ1) is 13.6. The maximum Gasteiger partial charge on any atom is 0.165 e. The fourth-order valence-corrected chi connectivity index (χ4v) is 3.99. The zero-order valence-corrected chi connectivity index (χ0v) is 16.5. The smallest absolute Gasteiger partial charge is 0.165 e. The van der Waals surface area contributed by atoms with Crippen molar-refractivity contribution >= 4 is 11.5 Å². The number of aryl methyl sites for hydroxylation is 3. The molecule has 4 rings (SSSR count). The lowest BCUT2D eigenvalue weighted by molar-refractivity contribution is 0.203. The lowest BCUT2D eigenvalue weighted by Gasteiger charge is -2.18. The predicted octanol–water partition coefficient (Wildman–Crippen LogP) is 2.28. The summed E-state index contributed by atoms with van der Waals surface area (Å²) < 4.78 is 7.17.